The number of carbonyl (C=O) groups is 1. The van der Waals surface area contributed by atoms with Crippen molar-refractivity contribution in [3.8, 4) is 5.75 Å². The first kappa shape index (κ1) is 22.2. The Hall–Kier alpha value is -2.46. The number of sulfonamides is 1. The molecule has 1 aliphatic heterocycles. The van der Waals surface area contributed by atoms with Crippen LogP contribution in [0.4, 0.5) is 5.69 Å². The van der Waals surface area contributed by atoms with E-state index >= 15 is 0 Å². The number of nitrogens with two attached hydrogens (primary N) is 1. The normalized spacial score (nSPS) is 15.6. The molecule has 0 saturated carbocycles. The topological polar surface area (TPSA) is 105 Å². The number of nitrogens with one attached hydrogen (secondary N) is 1. The third-order valence-electron chi connectivity index (χ3n) is 4.99. The van der Waals surface area contributed by atoms with Crippen LogP contribution in [0.25, 0.3) is 0 Å². The molecule has 0 aliphatic carbocycles. The summed E-state index contributed by atoms with van der Waals surface area (Å²) < 4.78 is 28.6. The van der Waals surface area contributed by atoms with E-state index in [9.17, 15) is 13.2 Å². The summed E-state index contributed by atoms with van der Waals surface area (Å²) >= 11 is 0. The zero-order valence-corrected chi connectivity index (χ0v) is 17.7. The van der Waals surface area contributed by atoms with E-state index in [0.717, 1.165) is 38.5 Å². The number of ether oxygens (including phenoxy) is 1. The van der Waals surface area contributed by atoms with Gasteiger partial charge in [-0.05, 0) is 30.3 Å². The molecule has 0 spiro atoms. The largest absolute Gasteiger partial charge is 0.492 e. The highest BCUT2D eigenvalue weighted by atomic mass is 32.2. The van der Waals surface area contributed by atoms with Gasteiger partial charge in [-0.3, -0.25) is 9.69 Å². The van der Waals surface area contributed by atoms with E-state index in [-0.39, 0.29) is 10.8 Å². The van der Waals surface area contributed by atoms with Gasteiger partial charge >= 0.3 is 0 Å². The molecule has 8 nitrogen and oxygen atoms in total. The second-order valence-electron chi connectivity index (χ2n) is 7.22. The lowest BCUT2D eigenvalue weighted by Crippen LogP contribution is -2.48. The first-order valence-electron chi connectivity index (χ1n) is 9.95. The van der Waals surface area contributed by atoms with Crippen molar-refractivity contribution < 1.29 is 17.9 Å². The number of benzene rings is 2. The van der Waals surface area contributed by atoms with E-state index in [1.54, 1.807) is 12.1 Å². The highest BCUT2D eigenvalue weighted by Gasteiger charge is 2.17. The lowest BCUT2D eigenvalue weighted by Gasteiger charge is -2.34. The van der Waals surface area contributed by atoms with Gasteiger partial charge in [0, 0.05) is 51.4 Å². The van der Waals surface area contributed by atoms with Crippen LogP contribution in [0.3, 0.4) is 0 Å². The summed E-state index contributed by atoms with van der Waals surface area (Å²) in [6.07, 6.45) is 0.344. The zero-order chi connectivity index (χ0) is 21.4. The number of amides is 1. The van der Waals surface area contributed by atoms with E-state index in [4.69, 9.17) is 9.88 Å². The Morgan fingerprint density at radius 3 is 2.30 bits per heavy atom. The van der Waals surface area contributed by atoms with Gasteiger partial charge in [0.15, 0.2) is 0 Å². The molecule has 162 valence electrons. The number of piperazine rings is 1. The predicted molar refractivity (Wildman–Crippen MR) is 116 cm³/mol. The number of carbonyl (C=O) groups excluding carboxylic acids is 1. The maximum Gasteiger partial charge on any atom is 0.238 e. The van der Waals surface area contributed by atoms with Crippen LogP contribution in [0.15, 0.2) is 59.5 Å². The zero-order valence-electron chi connectivity index (χ0n) is 16.9. The van der Waals surface area contributed by atoms with Gasteiger partial charge in [-0.2, -0.15) is 0 Å². The number of hydrogen-bond acceptors (Lipinski definition) is 6. The van der Waals surface area contributed by atoms with Gasteiger partial charge in [-0.15, -0.1) is 0 Å². The Balaban J connectivity index is 1.34. The average Bonchev–Trinajstić information content (AvgIpc) is 2.73. The molecule has 2 aromatic rings. The Kier molecular flexibility index (Phi) is 7.81. The molecule has 9 heteroatoms. The fraction of sp³-hybridized carbons (Fsp3) is 0.381. The summed E-state index contributed by atoms with van der Waals surface area (Å²) in [5, 5.41) is 7.86. The number of anilines is 1. The molecule has 1 amide bonds. The molecule has 3 N–H and O–H groups in total. The van der Waals surface area contributed by atoms with Crippen LogP contribution in [-0.2, 0) is 14.8 Å². The van der Waals surface area contributed by atoms with Crippen molar-refractivity contribution in [1.29, 1.82) is 0 Å². The van der Waals surface area contributed by atoms with Crippen molar-refractivity contribution in [1.82, 2.24) is 9.80 Å². The van der Waals surface area contributed by atoms with E-state index in [2.05, 4.69) is 15.1 Å². The summed E-state index contributed by atoms with van der Waals surface area (Å²) in [6, 6.07) is 15.7. The van der Waals surface area contributed by atoms with Crippen molar-refractivity contribution in [3.05, 3.63) is 54.6 Å². The predicted octanol–water partition coefficient (Wildman–Crippen LogP) is 1.36. The fourth-order valence-electron chi connectivity index (χ4n) is 3.28. The maximum atomic E-state index is 12.2. The van der Waals surface area contributed by atoms with Crippen molar-refractivity contribution in [2.24, 2.45) is 5.14 Å². The molecule has 0 radical (unpaired) electrons. The summed E-state index contributed by atoms with van der Waals surface area (Å²) in [7, 11) is -3.79. The summed E-state index contributed by atoms with van der Waals surface area (Å²) in [5.74, 6) is 0.733. The van der Waals surface area contributed by atoms with E-state index < -0.39 is 10.0 Å². The molecule has 0 atom stereocenters. The van der Waals surface area contributed by atoms with Crippen LogP contribution in [0.1, 0.15) is 6.42 Å². The van der Waals surface area contributed by atoms with E-state index in [0.29, 0.717) is 25.3 Å². The minimum absolute atomic E-state index is 0.0207. The summed E-state index contributed by atoms with van der Waals surface area (Å²) in [6.45, 7) is 5.88. The van der Waals surface area contributed by atoms with Gasteiger partial charge in [-0.25, -0.2) is 13.6 Å². The van der Waals surface area contributed by atoms with E-state index in [1.165, 1.54) is 12.1 Å². The molecule has 3 rings (SSSR count). The third kappa shape index (κ3) is 7.10. The Labute approximate surface area is 177 Å². The van der Waals surface area contributed by atoms with Gasteiger partial charge in [0.05, 0.1) is 4.90 Å². The SMILES string of the molecule is NS(=O)(=O)c1cccc(NC(=O)CCN2CCN(CCOc3ccccc3)CC2)c1. The highest BCUT2D eigenvalue weighted by molar-refractivity contribution is 7.89. The molecule has 0 aromatic heterocycles. The van der Waals surface area contributed by atoms with Gasteiger partial charge in [0.25, 0.3) is 0 Å². The Morgan fingerprint density at radius 1 is 0.967 bits per heavy atom. The maximum absolute atomic E-state index is 12.2. The molecular formula is C21H28N4O4S. The lowest BCUT2D eigenvalue weighted by atomic mass is 10.2. The first-order valence-corrected chi connectivity index (χ1v) is 11.5. The van der Waals surface area contributed by atoms with Crippen LogP contribution in [-0.4, -0.2) is 70.0 Å². The quantitative estimate of drug-likeness (QED) is 0.620. The smallest absolute Gasteiger partial charge is 0.238 e. The standard InChI is InChI=1S/C21H28N4O4S/c22-30(27,28)20-8-4-5-18(17-20)23-21(26)9-10-24-11-13-25(14-12-24)15-16-29-19-6-2-1-3-7-19/h1-8,17H,9-16H2,(H,23,26)(H2,22,27,28). The molecule has 1 heterocycles. The van der Waals surface area contributed by atoms with Crippen molar-refractivity contribution in [2.45, 2.75) is 11.3 Å². The minimum Gasteiger partial charge on any atom is -0.492 e. The van der Waals surface area contributed by atoms with Gasteiger partial charge < -0.3 is 15.0 Å². The number of nitrogens with zero attached hydrogens (tertiary/aromatic N) is 2. The third-order valence-corrected chi connectivity index (χ3v) is 5.90. The monoisotopic (exact) mass is 432 g/mol. The summed E-state index contributed by atoms with van der Waals surface area (Å²) in [5.41, 5.74) is 0.426. The molecule has 0 bridgehead atoms. The van der Waals surface area contributed by atoms with Crippen LogP contribution >= 0.6 is 0 Å². The molecule has 30 heavy (non-hydrogen) atoms. The van der Waals surface area contributed by atoms with Crippen molar-refractivity contribution in [3.63, 3.8) is 0 Å². The van der Waals surface area contributed by atoms with Gasteiger partial charge in [-0.1, -0.05) is 24.3 Å². The molecule has 1 aliphatic rings. The van der Waals surface area contributed by atoms with Gasteiger partial charge in [0.2, 0.25) is 15.9 Å². The molecule has 1 saturated heterocycles. The Bertz CT molecular complexity index is 929. The second-order valence-corrected chi connectivity index (χ2v) is 8.78. The number of para-hydroxylation sites is 1. The van der Waals surface area contributed by atoms with Crippen LogP contribution < -0.4 is 15.2 Å². The fourth-order valence-corrected chi connectivity index (χ4v) is 3.84. The number of primary sulfonamides is 1. The van der Waals surface area contributed by atoms with Crippen LogP contribution in [0.2, 0.25) is 0 Å². The summed E-state index contributed by atoms with van der Waals surface area (Å²) in [4.78, 5) is 16.8. The van der Waals surface area contributed by atoms with Crippen LogP contribution in [0, 0.1) is 0 Å². The first-order chi connectivity index (χ1) is 14.4. The second kappa shape index (κ2) is 10.5. The lowest BCUT2D eigenvalue weighted by molar-refractivity contribution is -0.116. The van der Waals surface area contributed by atoms with Crippen molar-refractivity contribution >= 4 is 21.6 Å². The molecule has 1 fully saturated rings. The van der Waals surface area contributed by atoms with Crippen LogP contribution in [0.5, 0.6) is 5.75 Å². The Morgan fingerprint density at radius 2 is 1.63 bits per heavy atom. The molecular weight excluding hydrogens is 404 g/mol. The average molecular weight is 433 g/mol. The minimum atomic E-state index is -3.79. The molecule has 2 aromatic carbocycles. The molecule has 0 unspecified atom stereocenters. The van der Waals surface area contributed by atoms with E-state index in [1.807, 2.05) is 30.3 Å². The number of hydrogen-bond donors (Lipinski definition) is 2. The van der Waals surface area contributed by atoms with Gasteiger partial charge in [0.1, 0.15) is 12.4 Å². The highest BCUT2D eigenvalue weighted by Crippen LogP contribution is 2.14. The number of rotatable bonds is 9. The van der Waals surface area contributed by atoms with Crippen molar-refractivity contribution in [2.75, 3.05) is 51.2 Å².